The molecule has 0 saturated heterocycles. The van der Waals surface area contributed by atoms with Gasteiger partial charge in [-0.15, -0.1) is 0 Å². The van der Waals surface area contributed by atoms with Crippen LogP contribution in [0.1, 0.15) is 13.3 Å². The van der Waals surface area contributed by atoms with Gasteiger partial charge >= 0.3 is 0 Å². The summed E-state index contributed by atoms with van der Waals surface area (Å²) in [5.41, 5.74) is 0.268. The zero-order chi connectivity index (χ0) is 10.1. The Morgan fingerprint density at radius 1 is 1.50 bits per heavy atom. The minimum absolute atomic E-state index is 0.0995. The second kappa shape index (κ2) is 3.44. The van der Waals surface area contributed by atoms with Gasteiger partial charge in [0.15, 0.2) is 5.82 Å². The number of ether oxygens (including phenoxy) is 1. The molecule has 2 rings (SSSR count). The van der Waals surface area contributed by atoms with Crippen LogP contribution in [0.3, 0.4) is 0 Å². The van der Waals surface area contributed by atoms with Crippen LogP contribution in [0.25, 0.3) is 0 Å². The van der Waals surface area contributed by atoms with Crippen molar-refractivity contribution >= 4 is 5.69 Å². The van der Waals surface area contributed by atoms with Crippen LogP contribution in [0.15, 0.2) is 12.1 Å². The third-order valence-corrected chi connectivity index (χ3v) is 2.30. The molecule has 76 valence electrons. The lowest BCUT2D eigenvalue weighted by molar-refractivity contribution is 0.277. The van der Waals surface area contributed by atoms with E-state index in [0.29, 0.717) is 6.61 Å². The molecular weight excluding hydrogens is 188 g/mol. The van der Waals surface area contributed by atoms with Crippen molar-refractivity contribution in [3.05, 3.63) is 23.8 Å². The smallest absolute Gasteiger partial charge is 0.153 e. The molecule has 1 N–H and O–H groups in total. The predicted molar refractivity (Wildman–Crippen MR) is 49.6 cm³/mol. The second-order valence-corrected chi connectivity index (χ2v) is 3.32. The van der Waals surface area contributed by atoms with Crippen molar-refractivity contribution in [1.82, 2.24) is 0 Å². The monoisotopic (exact) mass is 199 g/mol. The summed E-state index contributed by atoms with van der Waals surface area (Å²) in [6.07, 6.45) is 0.844. The van der Waals surface area contributed by atoms with Gasteiger partial charge in [-0.05, 0) is 6.42 Å². The molecule has 0 radical (unpaired) electrons. The van der Waals surface area contributed by atoms with Crippen molar-refractivity contribution in [2.24, 2.45) is 0 Å². The lowest BCUT2D eigenvalue weighted by atomic mass is 10.1. The lowest BCUT2D eigenvalue weighted by Crippen LogP contribution is -2.31. The summed E-state index contributed by atoms with van der Waals surface area (Å²) >= 11 is 0. The topological polar surface area (TPSA) is 21.3 Å². The van der Waals surface area contributed by atoms with Gasteiger partial charge in [0.2, 0.25) is 0 Å². The Morgan fingerprint density at radius 3 is 3.00 bits per heavy atom. The number of nitrogens with one attached hydrogen (secondary N) is 1. The van der Waals surface area contributed by atoms with E-state index in [1.165, 1.54) is 6.07 Å². The Morgan fingerprint density at radius 2 is 2.29 bits per heavy atom. The summed E-state index contributed by atoms with van der Waals surface area (Å²) in [5.74, 6) is -0.955. The van der Waals surface area contributed by atoms with Gasteiger partial charge in [0.1, 0.15) is 23.9 Å². The van der Waals surface area contributed by atoms with Gasteiger partial charge < -0.3 is 10.1 Å². The highest BCUT2D eigenvalue weighted by molar-refractivity contribution is 5.59. The van der Waals surface area contributed by atoms with E-state index in [1.807, 2.05) is 6.92 Å². The third kappa shape index (κ3) is 1.52. The molecular formula is C10H11F2NO. The van der Waals surface area contributed by atoms with Gasteiger partial charge in [0.25, 0.3) is 0 Å². The van der Waals surface area contributed by atoms with E-state index in [9.17, 15) is 8.78 Å². The molecule has 1 aliphatic heterocycles. The molecule has 0 saturated carbocycles. The second-order valence-electron chi connectivity index (χ2n) is 3.32. The molecule has 1 heterocycles. The minimum atomic E-state index is -0.613. The van der Waals surface area contributed by atoms with E-state index < -0.39 is 11.6 Å². The van der Waals surface area contributed by atoms with E-state index in [0.717, 1.165) is 12.5 Å². The standard InChI is InChI=1S/C10H11F2NO/c1-2-7-5-14-9-4-6(11)3-8(12)10(9)13-7/h3-4,7,13H,2,5H2,1H3. The first-order chi connectivity index (χ1) is 6.70. The normalized spacial score (nSPS) is 19.5. The lowest BCUT2D eigenvalue weighted by Gasteiger charge is -2.26. The molecule has 2 nitrogen and oxygen atoms in total. The quantitative estimate of drug-likeness (QED) is 0.750. The maximum Gasteiger partial charge on any atom is 0.153 e. The fourth-order valence-corrected chi connectivity index (χ4v) is 1.46. The SMILES string of the molecule is CCC1COc2cc(F)cc(F)c2N1. The molecule has 1 unspecified atom stereocenters. The van der Waals surface area contributed by atoms with Crippen LogP contribution in [0, 0.1) is 11.6 Å². The predicted octanol–water partition coefficient (Wildman–Crippen LogP) is 2.55. The van der Waals surface area contributed by atoms with Crippen LogP contribution in [-0.2, 0) is 0 Å². The fourth-order valence-electron chi connectivity index (χ4n) is 1.46. The van der Waals surface area contributed by atoms with E-state index in [1.54, 1.807) is 0 Å². The van der Waals surface area contributed by atoms with Crippen molar-refractivity contribution in [2.45, 2.75) is 19.4 Å². The van der Waals surface area contributed by atoms with Crippen LogP contribution in [0.2, 0.25) is 0 Å². The van der Waals surface area contributed by atoms with Crippen molar-refractivity contribution in [3.8, 4) is 5.75 Å². The number of rotatable bonds is 1. The number of fused-ring (bicyclic) bond motifs is 1. The third-order valence-electron chi connectivity index (χ3n) is 2.30. The molecule has 0 amide bonds. The Bertz CT molecular complexity index is 354. The number of benzene rings is 1. The summed E-state index contributed by atoms with van der Waals surface area (Å²) in [5, 5.41) is 2.98. The first-order valence-electron chi connectivity index (χ1n) is 4.59. The van der Waals surface area contributed by atoms with Crippen molar-refractivity contribution in [1.29, 1.82) is 0 Å². The van der Waals surface area contributed by atoms with Gasteiger partial charge in [0.05, 0.1) is 6.04 Å². The Kier molecular flexibility index (Phi) is 2.27. The molecule has 14 heavy (non-hydrogen) atoms. The van der Waals surface area contributed by atoms with Gasteiger partial charge in [-0.3, -0.25) is 0 Å². The molecule has 0 fully saturated rings. The number of hydrogen-bond acceptors (Lipinski definition) is 2. The highest BCUT2D eigenvalue weighted by Crippen LogP contribution is 2.32. The average molecular weight is 199 g/mol. The molecule has 0 aliphatic carbocycles. The van der Waals surface area contributed by atoms with Crippen LogP contribution in [0.5, 0.6) is 5.75 Å². The maximum atomic E-state index is 13.3. The highest BCUT2D eigenvalue weighted by Gasteiger charge is 2.21. The summed E-state index contributed by atoms with van der Waals surface area (Å²) in [7, 11) is 0. The van der Waals surface area contributed by atoms with Crippen LogP contribution < -0.4 is 10.1 Å². The van der Waals surface area contributed by atoms with Gasteiger partial charge in [-0.25, -0.2) is 8.78 Å². The molecule has 1 atom stereocenters. The molecule has 4 heteroatoms. The van der Waals surface area contributed by atoms with Crippen LogP contribution in [-0.4, -0.2) is 12.6 Å². The van der Waals surface area contributed by atoms with E-state index in [4.69, 9.17) is 4.74 Å². The Balaban J connectivity index is 2.37. The molecule has 0 spiro atoms. The zero-order valence-electron chi connectivity index (χ0n) is 7.81. The molecule has 0 bridgehead atoms. The number of anilines is 1. The first-order valence-corrected chi connectivity index (χ1v) is 4.59. The largest absolute Gasteiger partial charge is 0.489 e. The zero-order valence-corrected chi connectivity index (χ0v) is 7.81. The minimum Gasteiger partial charge on any atom is -0.489 e. The van der Waals surface area contributed by atoms with Gasteiger partial charge in [-0.1, -0.05) is 6.92 Å². The molecule has 0 aromatic heterocycles. The first kappa shape index (κ1) is 9.24. The van der Waals surface area contributed by atoms with Gasteiger partial charge in [0, 0.05) is 12.1 Å². The van der Waals surface area contributed by atoms with Crippen molar-refractivity contribution in [3.63, 3.8) is 0 Å². The highest BCUT2D eigenvalue weighted by atomic mass is 19.1. The summed E-state index contributed by atoms with van der Waals surface area (Å²) in [6.45, 7) is 2.43. The van der Waals surface area contributed by atoms with Crippen LogP contribution in [0.4, 0.5) is 14.5 Å². The average Bonchev–Trinajstić information content (AvgIpc) is 2.17. The molecule has 1 aromatic carbocycles. The van der Waals surface area contributed by atoms with Crippen molar-refractivity contribution < 1.29 is 13.5 Å². The summed E-state index contributed by atoms with van der Waals surface area (Å²) < 4.78 is 31.3. The fraction of sp³-hybridized carbons (Fsp3) is 0.400. The number of halogens is 2. The summed E-state index contributed by atoms with van der Waals surface area (Å²) in [6, 6.07) is 2.15. The molecule has 1 aromatic rings. The molecule has 1 aliphatic rings. The van der Waals surface area contributed by atoms with Gasteiger partial charge in [-0.2, -0.15) is 0 Å². The van der Waals surface area contributed by atoms with Crippen LogP contribution >= 0.6 is 0 Å². The number of hydrogen-bond donors (Lipinski definition) is 1. The van der Waals surface area contributed by atoms with E-state index in [2.05, 4.69) is 5.32 Å². The van der Waals surface area contributed by atoms with E-state index in [-0.39, 0.29) is 17.5 Å². The Hall–Kier alpha value is -1.32. The Labute approximate surface area is 80.9 Å². The van der Waals surface area contributed by atoms with Crippen molar-refractivity contribution in [2.75, 3.05) is 11.9 Å². The summed E-state index contributed by atoms with van der Waals surface area (Å²) in [4.78, 5) is 0. The maximum absolute atomic E-state index is 13.3. The van der Waals surface area contributed by atoms with E-state index >= 15 is 0 Å².